The van der Waals surface area contributed by atoms with E-state index in [1.807, 2.05) is 4.68 Å². The number of anilines is 1. The van der Waals surface area contributed by atoms with E-state index < -0.39 is 0 Å². The second-order valence-corrected chi connectivity index (χ2v) is 6.09. The molecule has 4 nitrogen and oxygen atoms in total. The number of rotatable bonds is 2. The second kappa shape index (κ2) is 4.32. The lowest BCUT2D eigenvalue weighted by atomic mass is 10.1. The first-order valence-electron chi connectivity index (χ1n) is 5.88. The van der Waals surface area contributed by atoms with E-state index in [4.69, 9.17) is 0 Å². The summed E-state index contributed by atoms with van der Waals surface area (Å²) in [5.74, 6) is 0.796. The van der Waals surface area contributed by atoms with Gasteiger partial charge in [0.1, 0.15) is 6.33 Å². The van der Waals surface area contributed by atoms with Gasteiger partial charge in [0.2, 0.25) is 5.95 Å². The predicted octanol–water partition coefficient (Wildman–Crippen LogP) is 3.46. The van der Waals surface area contributed by atoms with E-state index in [0.29, 0.717) is 0 Å². The number of fused-ring (bicyclic) bond motifs is 1. The van der Waals surface area contributed by atoms with Gasteiger partial charge in [-0.05, 0) is 29.0 Å². The molecule has 1 unspecified atom stereocenters. The third-order valence-corrected chi connectivity index (χ3v) is 4.86. The van der Waals surface area contributed by atoms with Crippen LogP contribution in [0.2, 0.25) is 0 Å². The predicted molar refractivity (Wildman–Crippen MR) is 78.4 cm³/mol. The van der Waals surface area contributed by atoms with Crippen molar-refractivity contribution >= 4 is 34.3 Å². The molecule has 3 aromatic heterocycles. The summed E-state index contributed by atoms with van der Waals surface area (Å²) in [6.07, 6.45) is 3.79. The van der Waals surface area contributed by atoms with E-state index in [1.165, 1.54) is 9.75 Å². The van der Waals surface area contributed by atoms with Crippen LogP contribution in [-0.2, 0) is 0 Å². The fourth-order valence-electron chi connectivity index (χ4n) is 2.16. The van der Waals surface area contributed by atoms with Gasteiger partial charge in [-0.1, -0.05) is 12.1 Å². The number of hydrogen-bond acceptors (Lipinski definition) is 5. The first kappa shape index (κ1) is 11.0. The van der Waals surface area contributed by atoms with Gasteiger partial charge in [-0.3, -0.25) is 0 Å². The molecule has 94 valence electrons. The minimum Gasteiger partial charge on any atom is -0.343 e. The number of hydrogen-bond donors (Lipinski definition) is 1. The van der Waals surface area contributed by atoms with Crippen molar-refractivity contribution in [3.63, 3.8) is 0 Å². The minimum absolute atomic E-state index is 0.161. The Labute approximate surface area is 118 Å². The van der Waals surface area contributed by atoms with Gasteiger partial charge in [0, 0.05) is 4.88 Å². The number of nitrogens with one attached hydrogen (secondary N) is 1. The molecule has 1 atom stereocenters. The first-order valence-corrected chi connectivity index (χ1v) is 7.64. The van der Waals surface area contributed by atoms with Crippen molar-refractivity contribution in [2.75, 3.05) is 5.32 Å². The van der Waals surface area contributed by atoms with Gasteiger partial charge < -0.3 is 5.32 Å². The molecule has 6 heteroatoms. The van der Waals surface area contributed by atoms with E-state index >= 15 is 0 Å². The lowest BCUT2D eigenvalue weighted by Gasteiger charge is -2.22. The first-order chi connectivity index (χ1) is 9.42. The topological polar surface area (TPSA) is 42.7 Å². The Morgan fingerprint density at radius 2 is 2.05 bits per heavy atom. The summed E-state index contributed by atoms with van der Waals surface area (Å²) < 4.78 is 1.86. The molecule has 0 radical (unpaired) electrons. The lowest BCUT2D eigenvalue weighted by Crippen LogP contribution is -2.18. The van der Waals surface area contributed by atoms with Crippen molar-refractivity contribution in [2.45, 2.75) is 6.04 Å². The Balaban J connectivity index is 1.85. The van der Waals surface area contributed by atoms with Gasteiger partial charge in [-0.15, -0.1) is 22.7 Å². The third kappa shape index (κ3) is 1.80. The van der Waals surface area contributed by atoms with Gasteiger partial charge in [-0.25, -0.2) is 0 Å². The fraction of sp³-hybridized carbons (Fsp3) is 0.0769. The highest BCUT2D eigenvalue weighted by Gasteiger charge is 2.23. The van der Waals surface area contributed by atoms with Crippen LogP contribution in [0.5, 0.6) is 0 Å². The molecule has 0 bridgehead atoms. The van der Waals surface area contributed by atoms with E-state index in [9.17, 15) is 0 Å². The Bertz CT molecular complexity index is 710. The summed E-state index contributed by atoms with van der Waals surface area (Å²) in [6.45, 7) is 0. The Morgan fingerprint density at radius 3 is 2.84 bits per heavy atom. The summed E-state index contributed by atoms with van der Waals surface area (Å²) in [7, 11) is 0. The van der Waals surface area contributed by atoms with E-state index in [1.54, 1.807) is 29.0 Å². The third-order valence-electron chi connectivity index (χ3n) is 3.01. The molecule has 0 spiro atoms. The Morgan fingerprint density at radius 1 is 1.16 bits per heavy atom. The molecule has 1 aliphatic rings. The zero-order valence-electron chi connectivity index (χ0n) is 9.85. The van der Waals surface area contributed by atoms with Gasteiger partial charge in [0.05, 0.1) is 16.6 Å². The lowest BCUT2D eigenvalue weighted by molar-refractivity contribution is 0.838. The van der Waals surface area contributed by atoms with Crippen molar-refractivity contribution in [3.05, 3.63) is 57.2 Å². The minimum atomic E-state index is 0.161. The molecule has 0 fully saturated rings. The molecular weight excluding hydrogens is 276 g/mol. The quantitative estimate of drug-likeness (QED) is 0.784. The van der Waals surface area contributed by atoms with E-state index in [2.05, 4.69) is 56.5 Å². The molecule has 3 aromatic rings. The monoisotopic (exact) mass is 286 g/mol. The number of aromatic nitrogens is 3. The van der Waals surface area contributed by atoms with Crippen LogP contribution >= 0.6 is 22.7 Å². The second-order valence-electron chi connectivity index (χ2n) is 4.16. The van der Waals surface area contributed by atoms with Crippen molar-refractivity contribution in [3.8, 4) is 0 Å². The fourth-order valence-corrected chi connectivity index (χ4v) is 3.64. The van der Waals surface area contributed by atoms with E-state index in [0.717, 1.165) is 11.6 Å². The van der Waals surface area contributed by atoms with Crippen LogP contribution in [0.1, 0.15) is 15.8 Å². The van der Waals surface area contributed by atoms with Gasteiger partial charge in [-0.2, -0.15) is 14.8 Å². The summed E-state index contributed by atoms with van der Waals surface area (Å²) in [6, 6.07) is 8.53. The normalized spacial score (nSPS) is 17.7. The SMILES string of the molecule is C1=C(c2cccs2)n2ncnc2NC1c1cccs1. The van der Waals surface area contributed by atoms with Crippen LogP contribution in [0.15, 0.2) is 47.4 Å². The average Bonchev–Trinajstić information content (AvgIpc) is 3.18. The Hall–Kier alpha value is -1.92. The van der Waals surface area contributed by atoms with E-state index in [-0.39, 0.29) is 6.04 Å². The molecule has 1 aliphatic heterocycles. The standard InChI is InChI=1S/C13H10N4S2/c1-3-11(18-5-1)9-7-10(12-4-2-6-19-12)17-13(16-9)14-8-15-17/h1-9H,(H,14,15,16). The van der Waals surface area contributed by atoms with Crippen LogP contribution in [-0.4, -0.2) is 14.8 Å². The van der Waals surface area contributed by atoms with Gasteiger partial charge in [0.25, 0.3) is 0 Å². The van der Waals surface area contributed by atoms with Crippen molar-refractivity contribution in [2.24, 2.45) is 0 Å². The molecule has 0 amide bonds. The van der Waals surface area contributed by atoms with Gasteiger partial charge in [0.15, 0.2) is 0 Å². The van der Waals surface area contributed by atoms with Crippen molar-refractivity contribution in [1.29, 1.82) is 0 Å². The van der Waals surface area contributed by atoms with Crippen LogP contribution < -0.4 is 5.32 Å². The molecule has 0 aliphatic carbocycles. The highest BCUT2D eigenvalue weighted by atomic mass is 32.1. The van der Waals surface area contributed by atoms with Crippen molar-refractivity contribution < 1.29 is 0 Å². The smallest absolute Gasteiger partial charge is 0.226 e. The summed E-state index contributed by atoms with van der Waals surface area (Å²) in [5, 5.41) is 11.9. The van der Waals surface area contributed by atoms with Crippen LogP contribution in [0.3, 0.4) is 0 Å². The number of nitrogens with zero attached hydrogens (tertiary/aromatic N) is 3. The van der Waals surface area contributed by atoms with Gasteiger partial charge >= 0.3 is 0 Å². The zero-order valence-corrected chi connectivity index (χ0v) is 11.5. The van der Waals surface area contributed by atoms with Crippen molar-refractivity contribution in [1.82, 2.24) is 14.8 Å². The maximum absolute atomic E-state index is 4.29. The molecule has 19 heavy (non-hydrogen) atoms. The number of thiophene rings is 2. The molecule has 1 N–H and O–H groups in total. The van der Waals surface area contributed by atoms with Crippen LogP contribution in [0.4, 0.5) is 5.95 Å². The molecule has 4 heterocycles. The highest BCUT2D eigenvalue weighted by molar-refractivity contribution is 7.11. The summed E-state index contributed by atoms with van der Waals surface area (Å²) in [4.78, 5) is 6.77. The average molecular weight is 286 g/mol. The Kier molecular flexibility index (Phi) is 2.49. The maximum Gasteiger partial charge on any atom is 0.226 e. The van der Waals surface area contributed by atoms with Crippen LogP contribution in [0, 0.1) is 0 Å². The zero-order chi connectivity index (χ0) is 12.7. The summed E-state index contributed by atoms with van der Waals surface area (Å²) in [5.41, 5.74) is 1.10. The molecule has 4 rings (SSSR count). The molecule has 0 aromatic carbocycles. The molecule has 0 saturated heterocycles. The van der Waals surface area contributed by atoms with Crippen LogP contribution in [0.25, 0.3) is 5.70 Å². The summed E-state index contributed by atoms with van der Waals surface area (Å²) >= 11 is 3.46. The highest BCUT2D eigenvalue weighted by Crippen LogP contribution is 2.34. The molecular formula is C13H10N4S2. The largest absolute Gasteiger partial charge is 0.343 e. The molecule has 0 saturated carbocycles. The maximum atomic E-state index is 4.29.